The molecule has 0 N–H and O–H groups in total. The van der Waals surface area contributed by atoms with Gasteiger partial charge in [0.25, 0.3) is 0 Å². The number of hydrogen-bond acceptors (Lipinski definition) is 5. The number of aromatic nitrogens is 7. The van der Waals surface area contributed by atoms with Crippen LogP contribution in [0.25, 0.3) is 100 Å². The highest BCUT2D eigenvalue weighted by Gasteiger charge is 2.19. The first-order valence-electron chi connectivity index (χ1n) is 18.6. The zero-order valence-electron chi connectivity index (χ0n) is 30.0. The first kappa shape index (κ1) is 31.7. The molecule has 4 heterocycles. The lowest BCUT2D eigenvalue weighted by atomic mass is 10.0. The van der Waals surface area contributed by atoms with Crippen molar-refractivity contribution in [2.45, 2.75) is 0 Å². The Morgan fingerprint density at radius 2 is 0.768 bits per heavy atom. The van der Waals surface area contributed by atoms with Crippen molar-refractivity contribution in [3.63, 3.8) is 0 Å². The lowest BCUT2D eigenvalue weighted by molar-refractivity contribution is 1.06. The quantitative estimate of drug-likeness (QED) is 0.171. The van der Waals surface area contributed by atoms with Crippen LogP contribution in [0.5, 0.6) is 0 Å². The minimum atomic E-state index is 0.606. The van der Waals surface area contributed by atoms with Gasteiger partial charge in [0.05, 0.1) is 33.5 Å². The maximum Gasteiger partial charge on any atom is 0.162 e. The van der Waals surface area contributed by atoms with Gasteiger partial charge in [0.2, 0.25) is 0 Å². The van der Waals surface area contributed by atoms with Gasteiger partial charge in [-0.15, -0.1) is 0 Å². The van der Waals surface area contributed by atoms with E-state index in [0.717, 1.165) is 67.1 Å². The van der Waals surface area contributed by atoms with Gasteiger partial charge in [-0.3, -0.25) is 0 Å². The number of benzene rings is 7. The molecule has 262 valence electrons. The van der Waals surface area contributed by atoms with Gasteiger partial charge in [0, 0.05) is 55.2 Å². The molecule has 0 amide bonds. The van der Waals surface area contributed by atoms with Crippen LogP contribution >= 0.6 is 0 Å². The van der Waals surface area contributed by atoms with Crippen LogP contribution in [0.2, 0.25) is 0 Å². The van der Waals surface area contributed by atoms with Crippen LogP contribution in [0.1, 0.15) is 0 Å². The second-order valence-electron chi connectivity index (χ2n) is 13.8. The van der Waals surface area contributed by atoms with Crippen molar-refractivity contribution >= 4 is 43.6 Å². The molecule has 0 aliphatic carbocycles. The lowest BCUT2D eigenvalue weighted by Crippen LogP contribution is -2.01. The predicted molar refractivity (Wildman–Crippen MR) is 226 cm³/mol. The van der Waals surface area contributed by atoms with E-state index < -0.39 is 0 Å². The molecule has 11 rings (SSSR count). The minimum absolute atomic E-state index is 0.606. The van der Waals surface area contributed by atoms with Gasteiger partial charge in [0.15, 0.2) is 11.6 Å². The summed E-state index contributed by atoms with van der Waals surface area (Å²) in [4.78, 5) is 23.3. The van der Waals surface area contributed by atoms with Gasteiger partial charge in [0.1, 0.15) is 12.7 Å². The Labute approximate surface area is 321 Å². The SMILES string of the molecule is c1ccc(-c2nc(-c3cccc(-c4ncncn4)c3)cc(-c3cc(-n4c5ccccc5c5ccccc54)cc(-n4c5ccccc5c5ccccc54)c3)n2)cc1. The molecule has 56 heavy (non-hydrogen) atoms. The van der Waals surface area contributed by atoms with Crippen LogP contribution < -0.4 is 0 Å². The Bertz CT molecular complexity index is 3020. The van der Waals surface area contributed by atoms with E-state index in [1.807, 2.05) is 30.3 Å². The van der Waals surface area contributed by atoms with Crippen molar-refractivity contribution in [2.75, 3.05) is 0 Å². The fourth-order valence-corrected chi connectivity index (χ4v) is 8.07. The standard InChI is InChI=1S/C49H31N7/c1-2-13-32(14-3-1)49-53-42(33-15-12-16-34(25-33)48-51-30-50-31-52-48)29-43(54-49)35-26-36(55-44-21-8-4-17-38(44)39-18-5-9-22-45(39)55)28-37(27-35)56-46-23-10-6-19-40(46)41-20-7-11-24-47(41)56/h1-31H. The first-order chi connectivity index (χ1) is 27.8. The zero-order chi connectivity index (χ0) is 37.0. The summed E-state index contributed by atoms with van der Waals surface area (Å²) in [5.41, 5.74) is 12.0. The average molecular weight is 718 g/mol. The summed E-state index contributed by atoms with van der Waals surface area (Å²) >= 11 is 0. The summed E-state index contributed by atoms with van der Waals surface area (Å²) in [5, 5.41) is 4.84. The second kappa shape index (κ2) is 13.0. The van der Waals surface area contributed by atoms with Crippen LogP contribution in [0.15, 0.2) is 189 Å². The molecule has 0 radical (unpaired) electrons. The molecule has 0 aliphatic heterocycles. The fraction of sp³-hybridized carbons (Fsp3) is 0. The van der Waals surface area contributed by atoms with Crippen molar-refractivity contribution in [2.24, 2.45) is 0 Å². The van der Waals surface area contributed by atoms with Crippen LogP contribution in [0.3, 0.4) is 0 Å². The second-order valence-corrected chi connectivity index (χ2v) is 13.8. The van der Waals surface area contributed by atoms with Crippen LogP contribution in [0.4, 0.5) is 0 Å². The number of para-hydroxylation sites is 4. The molecule has 4 aromatic heterocycles. The Kier molecular flexibility index (Phi) is 7.35. The molecule has 0 spiro atoms. The van der Waals surface area contributed by atoms with Gasteiger partial charge in [-0.1, -0.05) is 121 Å². The molecule has 0 saturated heterocycles. The number of rotatable bonds is 6. The third-order valence-electron chi connectivity index (χ3n) is 10.5. The van der Waals surface area contributed by atoms with Gasteiger partial charge < -0.3 is 9.13 Å². The molecule has 7 heteroatoms. The molecular formula is C49H31N7. The van der Waals surface area contributed by atoms with Crippen molar-refractivity contribution in [1.29, 1.82) is 0 Å². The normalized spacial score (nSPS) is 11.6. The monoisotopic (exact) mass is 717 g/mol. The number of fused-ring (bicyclic) bond motifs is 6. The van der Waals surface area contributed by atoms with E-state index >= 15 is 0 Å². The molecule has 0 atom stereocenters. The summed E-state index contributed by atoms with van der Waals surface area (Å²) in [6.07, 6.45) is 3.04. The van der Waals surface area contributed by atoms with E-state index in [9.17, 15) is 0 Å². The Morgan fingerprint density at radius 1 is 0.321 bits per heavy atom. The minimum Gasteiger partial charge on any atom is -0.309 e. The highest BCUT2D eigenvalue weighted by atomic mass is 15.0. The highest BCUT2D eigenvalue weighted by molar-refractivity contribution is 6.10. The average Bonchev–Trinajstić information content (AvgIpc) is 3.80. The van der Waals surface area contributed by atoms with Crippen molar-refractivity contribution in [3.05, 3.63) is 189 Å². The summed E-state index contributed by atoms with van der Waals surface area (Å²) in [6, 6.07) is 61.8. The van der Waals surface area contributed by atoms with Gasteiger partial charge in [-0.05, 0) is 54.6 Å². The molecule has 0 saturated carbocycles. The Hall–Kier alpha value is -7.77. The first-order valence-corrected chi connectivity index (χ1v) is 18.6. The lowest BCUT2D eigenvalue weighted by Gasteiger charge is -2.16. The maximum absolute atomic E-state index is 5.31. The molecule has 0 fully saturated rings. The summed E-state index contributed by atoms with van der Waals surface area (Å²) < 4.78 is 4.76. The molecule has 7 nitrogen and oxygen atoms in total. The van der Waals surface area contributed by atoms with Crippen molar-refractivity contribution in [3.8, 4) is 56.7 Å². The van der Waals surface area contributed by atoms with Crippen LogP contribution in [-0.2, 0) is 0 Å². The highest BCUT2D eigenvalue weighted by Crippen LogP contribution is 2.38. The molecule has 0 bridgehead atoms. The third kappa shape index (κ3) is 5.25. The Morgan fingerprint density at radius 3 is 1.30 bits per heavy atom. The Balaban J connectivity index is 1.21. The molecular weight excluding hydrogens is 687 g/mol. The van der Waals surface area contributed by atoms with Crippen LogP contribution in [-0.4, -0.2) is 34.1 Å². The topological polar surface area (TPSA) is 74.3 Å². The zero-order valence-corrected chi connectivity index (χ0v) is 30.0. The van der Waals surface area contributed by atoms with Crippen LogP contribution in [0, 0.1) is 0 Å². The van der Waals surface area contributed by atoms with Crippen molar-refractivity contribution in [1.82, 2.24) is 34.1 Å². The number of hydrogen-bond donors (Lipinski definition) is 0. The summed E-state index contributed by atoms with van der Waals surface area (Å²) in [6.45, 7) is 0. The molecule has 11 aromatic rings. The molecule has 0 unspecified atom stereocenters. The van der Waals surface area contributed by atoms with Crippen molar-refractivity contribution < 1.29 is 0 Å². The third-order valence-corrected chi connectivity index (χ3v) is 10.5. The van der Waals surface area contributed by atoms with E-state index in [1.54, 1.807) is 0 Å². The summed E-state index contributed by atoms with van der Waals surface area (Å²) in [5.74, 6) is 1.25. The van der Waals surface area contributed by atoms with E-state index in [4.69, 9.17) is 9.97 Å². The molecule has 7 aromatic carbocycles. The van der Waals surface area contributed by atoms with Gasteiger partial charge in [-0.2, -0.15) is 0 Å². The van der Waals surface area contributed by atoms with Gasteiger partial charge >= 0.3 is 0 Å². The van der Waals surface area contributed by atoms with E-state index in [-0.39, 0.29) is 0 Å². The maximum atomic E-state index is 5.31. The fourth-order valence-electron chi connectivity index (χ4n) is 8.07. The largest absolute Gasteiger partial charge is 0.309 e. The summed E-state index contributed by atoms with van der Waals surface area (Å²) in [7, 11) is 0. The van der Waals surface area contributed by atoms with Gasteiger partial charge in [-0.25, -0.2) is 24.9 Å². The van der Waals surface area contributed by atoms with E-state index in [0.29, 0.717) is 11.6 Å². The predicted octanol–water partition coefficient (Wildman–Crippen LogP) is 11.5. The number of nitrogens with zero attached hydrogens (tertiary/aromatic N) is 7. The smallest absolute Gasteiger partial charge is 0.162 e. The van der Waals surface area contributed by atoms with E-state index in [1.165, 1.54) is 34.2 Å². The van der Waals surface area contributed by atoms with E-state index in [2.05, 4.69) is 170 Å². The molecule has 0 aliphatic rings.